The van der Waals surface area contributed by atoms with Crippen molar-refractivity contribution >= 4 is 5.91 Å². The van der Waals surface area contributed by atoms with Crippen LogP contribution in [-0.4, -0.2) is 59.5 Å². The van der Waals surface area contributed by atoms with Crippen LogP contribution >= 0.6 is 0 Å². The molecule has 25 heavy (non-hydrogen) atoms. The molecule has 1 saturated heterocycles. The van der Waals surface area contributed by atoms with E-state index in [9.17, 15) is 9.59 Å². The monoisotopic (exact) mass is 342 g/mol. The zero-order valence-corrected chi connectivity index (χ0v) is 14.3. The number of carbonyl (C=O) groups is 1. The van der Waals surface area contributed by atoms with Gasteiger partial charge in [0.1, 0.15) is 5.69 Å². The highest BCUT2D eigenvalue weighted by Gasteiger charge is 2.55. The van der Waals surface area contributed by atoms with Gasteiger partial charge in [-0.1, -0.05) is 18.2 Å². The second-order valence-corrected chi connectivity index (χ2v) is 6.92. The van der Waals surface area contributed by atoms with Crippen molar-refractivity contribution in [3.05, 3.63) is 52.4 Å². The highest BCUT2D eigenvalue weighted by atomic mass is 16.5. The van der Waals surface area contributed by atoms with Gasteiger partial charge >= 0.3 is 0 Å². The number of hydrogen-bond acceptors (Lipinski definition) is 4. The first-order chi connectivity index (χ1) is 12.1. The van der Waals surface area contributed by atoms with Crippen molar-refractivity contribution in [2.75, 3.05) is 20.7 Å². The predicted octanol–water partition coefficient (Wildman–Crippen LogP) is 0.613. The average Bonchev–Trinajstić information content (AvgIpc) is 3.17. The van der Waals surface area contributed by atoms with Crippen LogP contribution in [0.4, 0.5) is 0 Å². The third kappa shape index (κ3) is 2.69. The zero-order chi connectivity index (χ0) is 17.6. The van der Waals surface area contributed by atoms with Gasteiger partial charge < -0.3 is 15.0 Å². The molecule has 2 N–H and O–H groups in total. The molecule has 0 bridgehead atoms. The summed E-state index contributed by atoms with van der Waals surface area (Å²) in [4.78, 5) is 26.9. The minimum Gasteiger partial charge on any atom is -0.376 e. The number of nitrogens with zero attached hydrogens (tertiary/aromatic N) is 2. The van der Waals surface area contributed by atoms with E-state index in [-0.39, 0.29) is 35.3 Å². The van der Waals surface area contributed by atoms with E-state index in [0.717, 1.165) is 13.0 Å². The molecule has 0 spiro atoms. The third-order valence-corrected chi connectivity index (χ3v) is 5.22. The van der Waals surface area contributed by atoms with Gasteiger partial charge in [0.25, 0.3) is 11.5 Å². The summed E-state index contributed by atoms with van der Waals surface area (Å²) in [6.07, 6.45) is 1.15. The Bertz CT molecular complexity index is 826. The maximum absolute atomic E-state index is 12.6. The van der Waals surface area contributed by atoms with Crippen LogP contribution in [0.2, 0.25) is 0 Å². The Kier molecular flexibility index (Phi) is 3.97. The fourth-order valence-corrected chi connectivity index (χ4v) is 3.99. The lowest BCUT2D eigenvalue weighted by Gasteiger charge is -2.50. The van der Waals surface area contributed by atoms with Crippen molar-refractivity contribution in [2.45, 2.75) is 24.6 Å². The first-order valence-corrected chi connectivity index (χ1v) is 8.52. The largest absolute Gasteiger partial charge is 0.376 e. The van der Waals surface area contributed by atoms with E-state index < -0.39 is 0 Å². The molecule has 7 heteroatoms. The van der Waals surface area contributed by atoms with Crippen molar-refractivity contribution < 1.29 is 9.53 Å². The number of rotatable bonds is 4. The SMILES string of the molecule is CN(C)[C@@H]1[C@@H](NC(=O)c2cc(=O)n(-c3ccccc3)[nH]2)[C@H]2CCO[C@H]21. The van der Waals surface area contributed by atoms with Gasteiger partial charge in [0.15, 0.2) is 0 Å². The van der Waals surface area contributed by atoms with Gasteiger partial charge in [-0.25, -0.2) is 4.68 Å². The summed E-state index contributed by atoms with van der Waals surface area (Å²) in [6, 6.07) is 10.7. The number of benzene rings is 1. The van der Waals surface area contributed by atoms with Crippen LogP contribution in [0.3, 0.4) is 0 Å². The zero-order valence-electron chi connectivity index (χ0n) is 14.3. The third-order valence-electron chi connectivity index (χ3n) is 5.22. The smallest absolute Gasteiger partial charge is 0.271 e. The molecule has 0 unspecified atom stereocenters. The van der Waals surface area contributed by atoms with Gasteiger partial charge in [-0.15, -0.1) is 0 Å². The molecule has 7 nitrogen and oxygen atoms in total. The molecule has 4 atom stereocenters. The van der Waals surface area contributed by atoms with Gasteiger partial charge in [0, 0.05) is 18.6 Å². The normalized spacial score (nSPS) is 27.8. The molecule has 1 amide bonds. The highest BCUT2D eigenvalue weighted by molar-refractivity contribution is 5.92. The number of nitrogens with one attached hydrogen (secondary N) is 2. The topological polar surface area (TPSA) is 79.4 Å². The van der Waals surface area contributed by atoms with Crippen LogP contribution < -0.4 is 10.9 Å². The highest BCUT2D eigenvalue weighted by Crippen LogP contribution is 2.41. The van der Waals surface area contributed by atoms with Crippen molar-refractivity contribution in [1.82, 2.24) is 20.0 Å². The van der Waals surface area contributed by atoms with Crippen LogP contribution in [0, 0.1) is 5.92 Å². The summed E-state index contributed by atoms with van der Waals surface area (Å²) in [6.45, 7) is 0.743. The maximum Gasteiger partial charge on any atom is 0.271 e. The number of ether oxygens (including phenoxy) is 1. The van der Waals surface area contributed by atoms with Crippen molar-refractivity contribution in [3.63, 3.8) is 0 Å². The van der Waals surface area contributed by atoms with E-state index in [2.05, 4.69) is 15.3 Å². The Morgan fingerprint density at radius 2 is 2.08 bits per heavy atom. The van der Waals surface area contributed by atoms with Crippen molar-refractivity contribution in [2.24, 2.45) is 5.92 Å². The molecule has 0 radical (unpaired) electrons. The Morgan fingerprint density at radius 1 is 1.32 bits per heavy atom. The van der Waals surface area contributed by atoms with Crippen LogP contribution in [0.5, 0.6) is 0 Å². The lowest BCUT2D eigenvalue weighted by molar-refractivity contribution is -0.0664. The lowest BCUT2D eigenvalue weighted by atomic mass is 9.71. The maximum atomic E-state index is 12.6. The number of H-pyrrole nitrogens is 1. The van der Waals surface area contributed by atoms with Crippen LogP contribution in [0.25, 0.3) is 5.69 Å². The molecule has 1 aliphatic carbocycles. The van der Waals surface area contributed by atoms with Crippen LogP contribution in [0.1, 0.15) is 16.9 Å². The van der Waals surface area contributed by atoms with Gasteiger partial charge in [-0.3, -0.25) is 14.7 Å². The fourth-order valence-electron chi connectivity index (χ4n) is 3.99. The molecule has 2 heterocycles. The summed E-state index contributed by atoms with van der Waals surface area (Å²) in [5.74, 6) is 0.0910. The van der Waals surface area contributed by atoms with E-state index in [4.69, 9.17) is 4.74 Å². The average molecular weight is 342 g/mol. The number of aromatic amines is 1. The number of amides is 1. The number of fused-ring (bicyclic) bond motifs is 1. The fraction of sp³-hybridized carbons (Fsp3) is 0.444. The first kappa shape index (κ1) is 16.1. The van der Waals surface area contributed by atoms with Crippen LogP contribution in [0.15, 0.2) is 41.2 Å². The summed E-state index contributed by atoms with van der Waals surface area (Å²) < 4.78 is 7.15. The van der Waals surface area contributed by atoms with E-state index in [1.165, 1.54) is 10.7 Å². The Morgan fingerprint density at radius 3 is 2.80 bits per heavy atom. The lowest BCUT2D eigenvalue weighted by Crippen LogP contribution is -2.69. The second kappa shape index (κ2) is 6.16. The van der Waals surface area contributed by atoms with Gasteiger partial charge in [-0.05, 0) is 32.6 Å². The molecule has 1 aliphatic heterocycles. The Hall–Kier alpha value is -2.38. The summed E-state index contributed by atoms with van der Waals surface area (Å²) >= 11 is 0. The number of hydrogen-bond donors (Lipinski definition) is 2. The molecular weight excluding hydrogens is 320 g/mol. The van der Waals surface area contributed by atoms with Gasteiger partial charge in [0.05, 0.1) is 23.9 Å². The number of likely N-dealkylation sites (N-methyl/N-ethyl adjacent to an activating group) is 1. The van der Waals surface area contributed by atoms with Crippen LogP contribution in [-0.2, 0) is 4.74 Å². The molecule has 1 aromatic heterocycles. The second-order valence-electron chi connectivity index (χ2n) is 6.92. The molecule has 1 saturated carbocycles. The standard InChI is InChI=1S/C18H22N4O3/c1-21(2)16-15(12-8-9-25-17(12)16)19-18(24)13-10-14(23)22(20-13)11-6-4-3-5-7-11/h3-7,10,12,15-17,20H,8-9H2,1-2H3,(H,19,24)/t12-,15+,16-,17-/m1/s1. The van der Waals surface area contributed by atoms with Crippen molar-refractivity contribution in [3.8, 4) is 5.69 Å². The summed E-state index contributed by atoms with van der Waals surface area (Å²) in [5.41, 5.74) is 0.718. The predicted molar refractivity (Wildman–Crippen MR) is 93.0 cm³/mol. The molecular formula is C18H22N4O3. The molecule has 1 aromatic carbocycles. The minimum atomic E-state index is -0.256. The molecule has 2 aliphatic rings. The molecule has 4 rings (SSSR count). The van der Waals surface area contributed by atoms with E-state index in [1.807, 2.05) is 44.4 Å². The number of aromatic nitrogens is 2. The molecule has 2 aromatic rings. The van der Waals surface area contributed by atoms with Gasteiger partial charge in [0.2, 0.25) is 0 Å². The van der Waals surface area contributed by atoms with E-state index in [0.29, 0.717) is 11.6 Å². The van der Waals surface area contributed by atoms with Crippen molar-refractivity contribution in [1.29, 1.82) is 0 Å². The van der Waals surface area contributed by atoms with E-state index >= 15 is 0 Å². The number of para-hydroxylation sites is 1. The molecule has 132 valence electrons. The first-order valence-electron chi connectivity index (χ1n) is 8.52. The Balaban J connectivity index is 1.53. The Labute approximate surface area is 145 Å². The quantitative estimate of drug-likeness (QED) is 0.853. The summed E-state index contributed by atoms with van der Waals surface area (Å²) in [7, 11) is 3.99. The minimum absolute atomic E-state index is 0.0403. The molecule has 2 fully saturated rings. The summed E-state index contributed by atoms with van der Waals surface area (Å²) in [5, 5.41) is 5.99. The van der Waals surface area contributed by atoms with E-state index in [1.54, 1.807) is 0 Å². The van der Waals surface area contributed by atoms with Gasteiger partial charge in [-0.2, -0.15) is 0 Å². The number of carbonyl (C=O) groups excluding carboxylic acids is 1.